The van der Waals surface area contributed by atoms with E-state index < -0.39 is 0 Å². The lowest BCUT2D eigenvalue weighted by Crippen LogP contribution is -2.09. The van der Waals surface area contributed by atoms with Crippen molar-refractivity contribution in [2.24, 2.45) is 0 Å². The Kier molecular flexibility index (Phi) is 5.96. The number of ether oxygens (including phenoxy) is 2. The fraction of sp³-hybridized carbons (Fsp3) is 0.667. The Labute approximate surface area is 110 Å². The minimum atomic E-state index is -0.208. The van der Waals surface area contributed by atoms with Crippen LogP contribution >= 0.6 is 0 Å². The number of esters is 1. The summed E-state index contributed by atoms with van der Waals surface area (Å²) in [5.41, 5.74) is 2.03. The third-order valence-corrected chi connectivity index (χ3v) is 2.98. The summed E-state index contributed by atoms with van der Waals surface area (Å²) in [4.78, 5) is 11.8. The second-order valence-corrected chi connectivity index (χ2v) is 4.79. The Hall–Kier alpha value is -1.25. The van der Waals surface area contributed by atoms with Crippen LogP contribution in [-0.2, 0) is 14.3 Å². The molecule has 0 radical (unpaired) electrons. The molecule has 0 amide bonds. The van der Waals surface area contributed by atoms with Crippen molar-refractivity contribution >= 4 is 5.97 Å². The van der Waals surface area contributed by atoms with Crippen molar-refractivity contribution < 1.29 is 14.3 Å². The van der Waals surface area contributed by atoms with Gasteiger partial charge in [-0.05, 0) is 33.6 Å². The highest BCUT2D eigenvalue weighted by molar-refractivity contribution is 5.89. The maximum absolute atomic E-state index is 11.8. The zero-order chi connectivity index (χ0) is 13.5. The van der Waals surface area contributed by atoms with Crippen LogP contribution in [0.4, 0.5) is 0 Å². The van der Waals surface area contributed by atoms with E-state index in [1.807, 2.05) is 6.92 Å². The van der Waals surface area contributed by atoms with E-state index in [0.717, 1.165) is 30.6 Å². The molecule has 0 N–H and O–H groups in total. The average Bonchev–Trinajstić information content (AvgIpc) is 2.72. The van der Waals surface area contributed by atoms with Crippen LogP contribution < -0.4 is 0 Å². The molecule has 0 fully saturated rings. The van der Waals surface area contributed by atoms with Gasteiger partial charge in [-0.15, -0.1) is 0 Å². The molecule has 102 valence electrons. The molecule has 1 aliphatic rings. The first-order chi connectivity index (χ1) is 8.58. The minimum absolute atomic E-state index is 0.145. The number of hydrogen-bond donors (Lipinski definition) is 0. The molecule has 0 aromatic rings. The number of carbonyl (C=O) groups excluding carboxylic acids is 1. The van der Waals surface area contributed by atoms with Gasteiger partial charge in [0.2, 0.25) is 0 Å². The van der Waals surface area contributed by atoms with Gasteiger partial charge in [0.05, 0.1) is 12.2 Å². The summed E-state index contributed by atoms with van der Waals surface area (Å²) in [6, 6.07) is 0. The molecule has 0 spiro atoms. The van der Waals surface area contributed by atoms with Crippen molar-refractivity contribution in [1.29, 1.82) is 0 Å². The van der Waals surface area contributed by atoms with Crippen LogP contribution in [0.5, 0.6) is 0 Å². The molecule has 0 aromatic carbocycles. The molecule has 1 unspecified atom stereocenters. The zero-order valence-corrected chi connectivity index (χ0v) is 11.9. The first-order valence-corrected chi connectivity index (χ1v) is 6.77. The lowest BCUT2D eigenvalue weighted by atomic mass is 10.1. The molecule has 0 bridgehead atoms. The summed E-state index contributed by atoms with van der Waals surface area (Å²) in [6.07, 6.45) is 5.63. The Morgan fingerprint density at radius 2 is 2.17 bits per heavy atom. The predicted octanol–water partition coefficient (Wildman–Crippen LogP) is 3.75. The van der Waals surface area contributed by atoms with Crippen LogP contribution in [0.2, 0.25) is 0 Å². The molecule has 1 rings (SSSR count). The van der Waals surface area contributed by atoms with E-state index in [1.54, 1.807) is 0 Å². The molecule has 1 heterocycles. The summed E-state index contributed by atoms with van der Waals surface area (Å²) in [7, 11) is 0. The molecular weight excluding hydrogens is 228 g/mol. The van der Waals surface area contributed by atoms with Crippen LogP contribution in [-0.4, -0.2) is 18.7 Å². The summed E-state index contributed by atoms with van der Waals surface area (Å²) >= 11 is 0. The normalized spacial score (nSPS) is 18.6. The van der Waals surface area contributed by atoms with Gasteiger partial charge in [-0.2, -0.15) is 0 Å². The molecule has 18 heavy (non-hydrogen) atoms. The Morgan fingerprint density at radius 1 is 1.44 bits per heavy atom. The molecule has 0 saturated heterocycles. The highest BCUT2D eigenvalue weighted by atomic mass is 16.5. The van der Waals surface area contributed by atoms with Gasteiger partial charge in [-0.3, -0.25) is 0 Å². The fourth-order valence-electron chi connectivity index (χ4n) is 2.00. The van der Waals surface area contributed by atoms with Gasteiger partial charge in [-0.1, -0.05) is 18.6 Å². The van der Waals surface area contributed by atoms with E-state index in [0.29, 0.717) is 13.0 Å². The van der Waals surface area contributed by atoms with Gasteiger partial charge >= 0.3 is 5.97 Å². The quantitative estimate of drug-likeness (QED) is 0.533. The number of hydrogen-bond acceptors (Lipinski definition) is 3. The molecule has 0 aromatic heterocycles. The summed E-state index contributed by atoms with van der Waals surface area (Å²) < 4.78 is 10.9. The van der Waals surface area contributed by atoms with Crippen LogP contribution in [0.25, 0.3) is 0 Å². The fourth-order valence-corrected chi connectivity index (χ4v) is 2.00. The van der Waals surface area contributed by atoms with E-state index in [1.165, 1.54) is 5.57 Å². The van der Waals surface area contributed by atoms with Gasteiger partial charge < -0.3 is 9.47 Å². The molecule has 0 saturated carbocycles. The van der Waals surface area contributed by atoms with E-state index in [4.69, 9.17) is 9.47 Å². The van der Waals surface area contributed by atoms with Crippen LogP contribution in [0.15, 0.2) is 23.0 Å². The Bertz CT molecular complexity index is 349. The van der Waals surface area contributed by atoms with Crippen molar-refractivity contribution in [3.8, 4) is 0 Å². The molecule has 1 atom stereocenters. The Balaban J connectivity index is 2.69. The van der Waals surface area contributed by atoms with Crippen molar-refractivity contribution in [2.45, 2.75) is 59.5 Å². The van der Waals surface area contributed by atoms with Crippen molar-refractivity contribution in [2.75, 3.05) is 6.61 Å². The van der Waals surface area contributed by atoms with Crippen LogP contribution in [0, 0.1) is 0 Å². The molecule has 0 aliphatic carbocycles. The lowest BCUT2D eigenvalue weighted by molar-refractivity contribution is -0.138. The number of rotatable bonds is 6. The third kappa shape index (κ3) is 4.21. The van der Waals surface area contributed by atoms with Gasteiger partial charge in [-0.25, -0.2) is 4.79 Å². The van der Waals surface area contributed by atoms with Gasteiger partial charge in [0.15, 0.2) is 0 Å². The third-order valence-electron chi connectivity index (χ3n) is 2.98. The number of allylic oxidation sites excluding steroid dienone is 3. The largest absolute Gasteiger partial charge is 0.494 e. The van der Waals surface area contributed by atoms with Crippen molar-refractivity contribution in [3.05, 3.63) is 23.0 Å². The van der Waals surface area contributed by atoms with Gasteiger partial charge in [0.1, 0.15) is 11.9 Å². The van der Waals surface area contributed by atoms with E-state index in [9.17, 15) is 4.79 Å². The number of carbonyl (C=O) groups is 1. The van der Waals surface area contributed by atoms with E-state index in [2.05, 4.69) is 26.8 Å². The average molecular weight is 252 g/mol. The predicted molar refractivity (Wildman–Crippen MR) is 72.1 cm³/mol. The highest BCUT2D eigenvalue weighted by Gasteiger charge is 2.29. The van der Waals surface area contributed by atoms with Crippen LogP contribution in [0.1, 0.15) is 53.4 Å². The zero-order valence-electron chi connectivity index (χ0n) is 11.9. The standard InChI is InChI=1S/C15H24O3/c1-5-12-10-13(15(16)17-6-2)14(18-12)9-7-8-11(3)4/h8,12H,5-7,9-10H2,1-4H3. The highest BCUT2D eigenvalue weighted by Crippen LogP contribution is 2.30. The summed E-state index contributed by atoms with van der Waals surface area (Å²) in [6.45, 7) is 8.47. The van der Waals surface area contributed by atoms with Crippen LogP contribution in [0.3, 0.4) is 0 Å². The van der Waals surface area contributed by atoms with Crippen molar-refractivity contribution in [3.63, 3.8) is 0 Å². The second kappa shape index (κ2) is 7.24. The molecular formula is C15H24O3. The SMILES string of the molecule is CCOC(=O)C1=C(CCC=C(C)C)OC(CC)C1. The van der Waals surface area contributed by atoms with Crippen molar-refractivity contribution in [1.82, 2.24) is 0 Å². The van der Waals surface area contributed by atoms with E-state index in [-0.39, 0.29) is 12.1 Å². The Morgan fingerprint density at radius 3 is 2.72 bits per heavy atom. The maximum Gasteiger partial charge on any atom is 0.337 e. The lowest BCUT2D eigenvalue weighted by Gasteiger charge is -2.09. The molecule has 3 nitrogen and oxygen atoms in total. The minimum Gasteiger partial charge on any atom is -0.494 e. The second-order valence-electron chi connectivity index (χ2n) is 4.79. The molecule has 3 heteroatoms. The molecule has 1 aliphatic heterocycles. The van der Waals surface area contributed by atoms with E-state index >= 15 is 0 Å². The topological polar surface area (TPSA) is 35.5 Å². The monoisotopic (exact) mass is 252 g/mol. The maximum atomic E-state index is 11.8. The van der Waals surface area contributed by atoms with Gasteiger partial charge in [0, 0.05) is 12.8 Å². The summed E-state index contributed by atoms with van der Waals surface area (Å²) in [5, 5.41) is 0. The first kappa shape index (κ1) is 14.8. The smallest absolute Gasteiger partial charge is 0.337 e. The van der Waals surface area contributed by atoms with Gasteiger partial charge in [0.25, 0.3) is 0 Å². The summed E-state index contributed by atoms with van der Waals surface area (Å²) in [5.74, 6) is 0.624. The first-order valence-electron chi connectivity index (χ1n) is 6.77.